The first kappa shape index (κ1) is 13.1. The van der Waals surface area contributed by atoms with E-state index in [2.05, 4.69) is 4.74 Å². The van der Waals surface area contributed by atoms with Crippen LogP contribution in [0.3, 0.4) is 0 Å². The number of hydrogen-bond donors (Lipinski definition) is 1. The van der Waals surface area contributed by atoms with E-state index >= 15 is 0 Å². The summed E-state index contributed by atoms with van der Waals surface area (Å²) in [6.07, 6.45) is -2.09. The number of nitrogens with two attached hydrogens (primary N) is 1. The molecule has 0 unspecified atom stereocenters. The molecule has 0 spiro atoms. The Morgan fingerprint density at radius 1 is 1.33 bits per heavy atom. The van der Waals surface area contributed by atoms with Gasteiger partial charge in [0.1, 0.15) is 11.6 Å². The molecule has 1 saturated carbocycles. The number of halogens is 4. The third-order valence-corrected chi connectivity index (χ3v) is 2.88. The van der Waals surface area contributed by atoms with Crippen LogP contribution in [0.2, 0.25) is 0 Å². The van der Waals surface area contributed by atoms with Gasteiger partial charge in [0, 0.05) is 11.6 Å². The molecule has 6 heteroatoms. The smallest absolute Gasteiger partial charge is 0.406 e. The second-order valence-electron chi connectivity index (χ2n) is 4.52. The lowest BCUT2D eigenvalue weighted by Gasteiger charge is -2.15. The van der Waals surface area contributed by atoms with Gasteiger partial charge in [-0.15, -0.1) is 13.2 Å². The predicted octanol–water partition coefficient (Wildman–Crippen LogP) is 3.52. The molecule has 0 radical (unpaired) electrons. The molecule has 2 N–H and O–H groups in total. The standard InChI is InChI=1S/C12H13F4NO/c13-10-4-3-8(18-12(14,15)16)6-9(10)11(17)5-7-1-2-7/h3-4,6-7,11H,1-2,5,17H2/t11-/m0/s1. The van der Waals surface area contributed by atoms with E-state index in [1.54, 1.807) is 0 Å². The van der Waals surface area contributed by atoms with Crippen LogP contribution in [0.1, 0.15) is 30.9 Å². The number of benzene rings is 1. The minimum atomic E-state index is -4.78. The highest BCUT2D eigenvalue weighted by Crippen LogP contribution is 2.38. The second kappa shape index (κ2) is 4.76. The van der Waals surface area contributed by atoms with Crippen LogP contribution in [0.4, 0.5) is 17.6 Å². The lowest BCUT2D eigenvalue weighted by Crippen LogP contribution is -2.18. The number of alkyl halides is 3. The fourth-order valence-electron chi connectivity index (χ4n) is 1.84. The Bertz CT molecular complexity index is 429. The van der Waals surface area contributed by atoms with Crippen molar-refractivity contribution < 1.29 is 22.3 Å². The zero-order chi connectivity index (χ0) is 13.3. The maximum Gasteiger partial charge on any atom is 0.573 e. The second-order valence-corrected chi connectivity index (χ2v) is 4.52. The van der Waals surface area contributed by atoms with E-state index in [-0.39, 0.29) is 5.56 Å². The van der Waals surface area contributed by atoms with Gasteiger partial charge in [0.05, 0.1) is 0 Å². The van der Waals surface area contributed by atoms with Crippen LogP contribution < -0.4 is 10.5 Å². The Kier molecular flexibility index (Phi) is 3.47. The molecule has 0 bridgehead atoms. The summed E-state index contributed by atoms with van der Waals surface area (Å²) >= 11 is 0. The van der Waals surface area contributed by atoms with Crippen LogP contribution in [0.5, 0.6) is 5.75 Å². The molecule has 2 rings (SSSR count). The Hall–Kier alpha value is -1.30. The van der Waals surface area contributed by atoms with Crippen LogP contribution in [0, 0.1) is 11.7 Å². The van der Waals surface area contributed by atoms with Crippen molar-refractivity contribution in [3.05, 3.63) is 29.6 Å². The highest BCUT2D eigenvalue weighted by Gasteiger charge is 2.32. The minimum absolute atomic E-state index is 0.0728. The Balaban J connectivity index is 2.14. The molecule has 0 heterocycles. The molecule has 0 aliphatic heterocycles. The zero-order valence-corrected chi connectivity index (χ0v) is 9.51. The number of hydrogen-bond acceptors (Lipinski definition) is 2. The van der Waals surface area contributed by atoms with E-state index in [4.69, 9.17) is 5.73 Å². The molecule has 1 fully saturated rings. The maximum absolute atomic E-state index is 13.5. The van der Waals surface area contributed by atoms with Gasteiger partial charge in [-0.3, -0.25) is 0 Å². The van der Waals surface area contributed by atoms with Crippen molar-refractivity contribution in [2.75, 3.05) is 0 Å². The van der Waals surface area contributed by atoms with Crippen molar-refractivity contribution in [3.8, 4) is 5.75 Å². The monoisotopic (exact) mass is 263 g/mol. The molecule has 1 aliphatic rings. The Labute approximate surface area is 102 Å². The van der Waals surface area contributed by atoms with Crippen LogP contribution in [-0.4, -0.2) is 6.36 Å². The van der Waals surface area contributed by atoms with Gasteiger partial charge in [-0.05, 0) is 30.5 Å². The third-order valence-electron chi connectivity index (χ3n) is 2.88. The molecular formula is C12H13F4NO. The van der Waals surface area contributed by atoms with Gasteiger partial charge in [-0.25, -0.2) is 4.39 Å². The Morgan fingerprint density at radius 2 is 2.00 bits per heavy atom. The van der Waals surface area contributed by atoms with Crippen molar-refractivity contribution in [1.82, 2.24) is 0 Å². The first-order valence-electron chi connectivity index (χ1n) is 5.66. The van der Waals surface area contributed by atoms with E-state index in [0.29, 0.717) is 12.3 Å². The first-order valence-corrected chi connectivity index (χ1v) is 5.66. The van der Waals surface area contributed by atoms with Crippen LogP contribution in [0.15, 0.2) is 18.2 Å². The summed E-state index contributed by atoms with van der Waals surface area (Å²) < 4.78 is 53.4. The lowest BCUT2D eigenvalue weighted by molar-refractivity contribution is -0.274. The first-order chi connectivity index (χ1) is 8.35. The van der Waals surface area contributed by atoms with Gasteiger partial charge in [0.15, 0.2) is 0 Å². The zero-order valence-electron chi connectivity index (χ0n) is 9.51. The molecule has 1 aromatic carbocycles. The molecule has 18 heavy (non-hydrogen) atoms. The molecule has 0 amide bonds. The largest absolute Gasteiger partial charge is 0.573 e. The topological polar surface area (TPSA) is 35.2 Å². The highest BCUT2D eigenvalue weighted by atomic mass is 19.4. The SMILES string of the molecule is N[C@@H](CC1CC1)c1cc(OC(F)(F)F)ccc1F. The Morgan fingerprint density at radius 3 is 2.56 bits per heavy atom. The van der Waals surface area contributed by atoms with Gasteiger partial charge in [0.2, 0.25) is 0 Å². The van der Waals surface area contributed by atoms with Crippen LogP contribution >= 0.6 is 0 Å². The van der Waals surface area contributed by atoms with Gasteiger partial charge in [-0.1, -0.05) is 12.8 Å². The number of ether oxygens (including phenoxy) is 1. The fourth-order valence-corrected chi connectivity index (χ4v) is 1.84. The van der Waals surface area contributed by atoms with Crippen molar-refractivity contribution in [2.45, 2.75) is 31.7 Å². The van der Waals surface area contributed by atoms with Gasteiger partial charge < -0.3 is 10.5 Å². The predicted molar refractivity (Wildman–Crippen MR) is 57.4 cm³/mol. The summed E-state index contributed by atoms with van der Waals surface area (Å²) in [5.74, 6) is -0.575. The molecule has 1 aromatic rings. The van der Waals surface area contributed by atoms with Crippen LogP contribution in [-0.2, 0) is 0 Å². The van der Waals surface area contributed by atoms with E-state index < -0.39 is 24.0 Å². The normalized spacial score (nSPS) is 17.6. The van der Waals surface area contributed by atoms with Crippen LogP contribution in [0.25, 0.3) is 0 Å². The summed E-state index contributed by atoms with van der Waals surface area (Å²) in [6, 6.07) is 2.32. The summed E-state index contributed by atoms with van der Waals surface area (Å²) in [4.78, 5) is 0. The van der Waals surface area contributed by atoms with E-state index in [1.165, 1.54) is 0 Å². The van der Waals surface area contributed by atoms with E-state index in [1.807, 2.05) is 0 Å². The molecule has 0 saturated heterocycles. The summed E-state index contributed by atoms with van der Waals surface area (Å²) in [5.41, 5.74) is 5.87. The molecule has 100 valence electrons. The van der Waals surface area contributed by atoms with Crippen molar-refractivity contribution in [2.24, 2.45) is 11.7 Å². The van der Waals surface area contributed by atoms with Gasteiger partial charge >= 0.3 is 6.36 Å². The van der Waals surface area contributed by atoms with Crippen molar-refractivity contribution >= 4 is 0 Å². The fraction of sp³-hybridized carbons (Fsp3) is 0.500. The molecule has 0 aromatic heterocycles. The van der Waals surface area contributed by atoms with Crippen molar-refractivity contribution in [3.63, 3.8) is 0 Å². The van der Waals surface area contributed by atoms with E-state index in [0.717, 1.165) is 31.0 Å². The third kappa shape index (κ3) is 3.60. The highest BCUT2D eigenvalue weighted by molar-refractivity contribution is 5.32. The average molecular weight is 263 g/mol. The molecular weight excluding hydrogens is 250 g/mol. The van der Waals surface area contributed by atoms with Crippen molar-refractivity contribution in [1.29, 1.82) is 0 Å². The quantitative estimate of drug-likeness (QED) is 0.843. The maximum atomic E-state index is 13.5. The molecule has 1 atom stereocenters. The average Bonchev–Trinajstić information content (AvgIpc) is 3.02. The number of rotatable bonds is 4. The minimum Gasteiger partial charge on any atom is -0.406 e. The van der Waals surface area contributed by atoms with E-state index in [9.17, 15) is 17.6 Å². The lowest BCUT2D eigenvalue weighted by atomic mass is 10.0. The van der Waals surface area contributed by atoms with Gasteiger partial charge in [-0.2, -0.15) is 0 Å². The van der Waals surface area contributed by atoms with Gasteiger partial charge in [0.25, 0.3) is 0 Å². The molecule has 1 aliphatic carbocycles. The summed E-state index contributed by atoms with van der Waals surface area (Å²) in [5, 5.41) is 0. The summed E-state index contributed by atoms with van der Waals surface area (Å²) in [7, 11) is 0. The summed E-state index contributed by atoms with van der Waals surface area (Å²) in [6.45, 7) is 0. The molecule has 2 nitrogen and oxygen atoms in total.